The Labute approximate surface area is 121 Å². The summed E-state index contributed by atoms with van der Waals surface area (Å²) in [7, 11) is 0. The van der Waals surface area contributed by atoms with Crippen LogP contribution in [0.4, 0.5) is 4.79 Å². The largest absolute Gasteiger partial charge is 0.494 e. The Morgan fingerprint density at radius 1 is 1.40 bits per heavy atom. The zero-order valence-corrected chi connectivity index (χ0v) is 12.7. The molecule has 1 rings (SSSR count). The number of carbonyl (C=O) groups excluding carboxylic acids is 1. The summed E-state index contributed by atoms with van der Waals surface area (Å²) in [6, 6.07) is 5.65. The van der Waals surface area contributed by atoms with E-state index in [1.165, 1.54) is 0 Å². The van der Waals surface area contributed by atoms with E-state index in [0.717, 1.165) is 23.3 Å². The van der Waals surface area contributed by atoms with Crippen molar-refractivity contribution in [3.8, 4) is 5.75 Å². The van der Waals surface area contributed by atoms with E-state index in [4.69, 9.17) is 4.74 Å². The molecule has 0 aliphatic carbocycles. The van der Waals surface area contributed by atoms with E-state index in [-0.39, 0.29) is 12.1 Å². The van der Waals surface area contributed by atoms with Gasteiger partial charge < -0.3 is 15.4 Å². The number of aryl methyl sites for hydroxylation is 1. The van der Waals surface area contributed by atoms with E-state index in [0.29, 0.717) is 6.61 Å². The number of amides is 2. The monoisotopic (exact) mass is 276 g/mol. The standard InChI is InChI=1S/C16H24N2O2/c1-5-7-10-17-16(19)18-13(4)14-11-12(3)8-9-15(14)20-6-2/h7-11,13H,5-6H2,1-4H3,(H2,17,18,19)/b10-7+. The third-order valence-corrected chi connectivity index (χ3v) is 2.85. The first kappa shape index (κ1) is 16.1. The minimum absolute atomic E-state index is 0.119. The molecule has 1 atom stereocenters. The van der Waals surface area contributed by atoms with Crippen LogP contribution < -0.4 is 15.4 Å². The fourth-order valence-corrected chi connectivity index (χ4v) is 1.86. The number of hydrogen-bond acceptors (Lipinski definition) is 2. The minimum Gasteiger partial charge on any atom is -0.494 e. The Morgan fingerprint density at radius 3 is 2.80 bits per heavy atom. The van der Waals surface area contributed by atoms with Gasteiger partial charge in [0.2, 0.25) is 0 Å². The van der Waals surface area contributed by atoms with Gasteiger partial charge in [-0.1, -0.05) is 30.7 Å². The van der Waals surface area contributed by atoms with Gasteiger partial charge in [0.05, 0.1) is 12.6 Å². The highest BCUT2D eigenvalue weighted by atomic mass is 16.5. The van der Waals surface area contributed by atoms with Gasteiger partial charge in [-0.25, -0.2) is 4.79 Å². The van der Waals surface area contributed by atoms with Crippen molar-refractivity contribution in [1.29, 1.82) is 0 Å². The molecule has 0 radical (unpaired) electrons. The number of urea groups is 1. The van der Waals surface area contributed by atoms with E-state index < -0.39 is 0 Å². The molecule has 1 aromatic carbocycles. The number of benzene rings is 1. The summed E-state index contributed by atoms with van der Waals surface area (Å²) in [4.78, 5) is 11.7. The normalized spacial score (nSPS) is 12.2. The maximum absolute atomic E-state index is 11.7. The first-order valence-electron chi connectivity index (χ1n) is 7.03. The molecule has 1 unspecified atom stereocenters. The predicted octanol–water partition coefficient (Wildman–Crippen LogP) is 3.68. The van der Waals surface area contributed by atoms with Crippen LogP contribution in [-0.2, 0) is 0 Å². The molecule has 0 fully saturated rings. The summed E-state index contributed by atoms with van der Waals surface area (Å²) in [5.74, 6) is 0.815. The third-order valence-electron chi connectivity index (χ3n) is 2.85. The molecular weight excluding hydrogens is 252 g/mol. The number of allylic oxidation sites excluding steroid dienone is 1. The fourth-order valence-electron chi connectivity index (χ4n) is 1.86. The van der Waals surface area contributed by atoms with Crippen LogP contribution in [0.1, 0.15) is 44.4 Å². The van der Waals surface area contributed by atoms with Gasteiger partial charge in [-0.2, -0.15) is 0 Å². The molecule has 0 saturated carbocycles. The van der Waals surface area contributed by atoms with E-state index in [9.17, 15) is 4.79 Å². The average molecular weight is 276 g/mol. The van der Waals surface area contributed by atoms with Gasteiger partial charge in [0.25, 0.3) is 0 Å². The Hall–Kier alpha value is -1.97. The highest BCUT2D eigenvalue weighted by Gasteiger charge is 2.13. The SMILES string of the molecule is CC/C=C/NC(=O)NC(C)c1cc(C)ccc1OCC. The number of hydrogen-bond donors (Lipinski definition) is 2. The molecule has 4 heteroatoms. The lowest BCUT2D eigenvalue weighted by molar-refractivity contribution is 0.241. The summed E-state index contributed by atoms with van der Waals surface area (Å²) in [6.45, 7) is 8.54. The maximum atomic E-state index is 11.7. The average Bonchev–Trinajstić information content (AvgIpc) is 2.41. The quantitative estimate of drug-likeness (QED) is 0.832. The van der Waals surface area contributed by atoms with Crippen LogP contribution in [0.5, 0.6) is 5.75 Å². The number of nitrogens with one attached hydrogen (secondary N) is 2. The van der Waals surface area contributed by atoms with Crippen LogP contribution in [-0.4, -0.2) is 12.6 Å². The lowest BCUT2D eigenvalue weighted by atomic mass is 10.0. The molecule has 2 N–H and O–H groups in total. The van der Waals surface area contributed by atoms with Crippen LogP contribution in [0, 0.1) is 6.92 Å². The van der Waals surface area contributed by atoms with Gasteiger partial charge in [0, 0.05) is 11.8 Å². The Morgan fingerprint density at radius 2 is 2.15 bits per heavy atom. The summed E-state index contributed by atoms with van der Waals surface area (Å²) < 4.78 is 5.61. The smallest absolute Gasteiger partial charge is 0.319 e. The lowest BCUT2D eigenvalue weighted by Crippen LogP contribution is -2.34. The molecule has 0 aliphatic heterocycles. The molecule has 0 spiro atoms. The van der Waals surface area contributed by atoms with Crippen LogP contribution in [0.15, 0.2) is 30.5 Å². The topological polar surface area (TPSA) is 50.4 Å². The van der Waals surface area contributed by atoms with E-state index >= 15 is 0 Å². The molecule has 1 aromatic rings. The van der Waals surface area contributed by atoms with Gasteiger partial charge in [-0.05, 0) is 33.3 Å². The predicted molar refractivity (Wildman–Crippen MR) is 81.9 cm³/mol. The highest BCUT2D eigenvalue weighted by Crippen LogP contribution is 2.26. The van der Waals surface area contributed by atoms with Gasteiger partial charge in [-0.3, -0.25) is 0 Å². The Kier molecular flexibility index (Phi) is 6.64. The first-order chi connectivity index (χ1) is 9.58. The fraction of sp³-hybridized carbons (Fsp3) is 0.438. The molecule has 20 heavy (non-hydrogen) atoms. The molecule has 0 heterocycles. The maximum Gasteiger partial charge on any atom is 0.319 e. The van der Waals surface area contributed by atoms with Crippen molar-refractivity contribution in [3.63, 3.8) is 0 Å². The zero-order valence-electron chi connectivity index (χ0n) is 12.7. The second-order valence-corrected chi connectivity index (χ2v) is 4.62. The van der Waals surface area contributed by atoms with Crippen molar-refractivity contribution in [2.45, 2.75) is 40.2 Å². The van der Waals surface area contributed by atoms with Crippen molar-refractivity contribution in [1.82, 2.24) is 10.6 Å². The Bertz CT molecular complexity index is 470. The third kappa shape index (κ3) is 4.96. The van der Waals surface area contributed by atoms with Crippen molar-refractivity contribution in [2.75, 3.05) is 6.61 Å². The summed E-state index contributed by atoms with van der Waals surface area (Å²) in [5.41, 5.74) is 2.13. The number of ether oxygens (including phenoxy) is 1. The van der Waals surface area contributed by atoms with Crippen molar-refractivity contribution >= 4 is 6.03 Å². The van der Waals surface area contributed by atoms with E-state index in [2.05, 4.69) is 10.6 Å². The van der Waals surface area contributed by atoms with Gasteiger partial charge in [0.15, 0.2) is 0 Å². The molecule has 110 valence electrons. The number of rotatable bonds is 6. The number of carbonyl (C=O) groups is 1. The van der Waals surface area contributed by atoms with Gasteiger partial charge in [0.1, 0.15) is 5.75 Å². The second kappa shape index (κ2) is 8.25. The van der Waals surface area contributed by atoms with Crippen LogP contribution in [0.25, 0.3) is 0 Å². The van der Waals surface area contributed by atoms with Gasteiger partial charge in [-0.15, -0.1) is 0 Å². The molecule has 0 saturated heterocycles. The first-order valence-corrected chi connectivity index (χ1v) is 7.03. The summed E-state index contributed by atoms with van der Waals surface area (Å²) in [6.07, 6.45) is 4.44. The van der Waals surface area contributed by atoms with E-state index in [1.807, 2.05) is 52.0 Å². The van der Waals surface area contributed by atoms with Crippen molar-refractivity contribution < 1.29 is 9.53 Å². The summed E-state index contributed by atoms with van der Waals surface area (Å²) in [5, 5.41) is 5.58. The Balaban J connectivity index is 2.75. The van der Waals surface area contributed by atoms with Gasteiger partial charge >= 0.3 is 6.03 Å². The second-order valence-electron chi connectivity index (χ2n) is 4.62. The van der Waals surface area contributed by atoms with Crippen LogP contribution in [0.2, 0.25) is 0 Å². The molecule has 0 aliphatic rings. The molecule has 4 nitrogen and oxygen atoms in total. The minimum atomic E-state index is -0.217. The molecule has 2 amide bonds. The lowest BCUT2D eigenvalue weighted by Gasteiger charge is -2.18. The molecule has 0 aromatic heterocycles. The summed E-state index contributed by atoms with van der Waals surface area (Å²) >= 11 is 0. The van der Waals surface area contributed by atoms with E-state index in [1.54, 1.807) is 6.20 Å². The zero-order chi connectivity index (χ0) is 15.0. The van der Waals surface area contributed by atoms with Crippen LogP contribution >= 0.6 is 0 Å². The van der Waals surface area contributed by atoms with Crippen LogP contribution in [0.3, 0.4) is 0 Å². The molecular formula is C16H24N2O2. The van der Waals surface area contributed by atoms with Crippen molar-refractivity contribution in [2.24, 2.45) is 0 Å². The highest BCUT2D eigenvalue weighted by molar-refractivity contribution is 5.75. The van der Waals surface area contributed by atoms with Crippen molar-refractivity contribution in [3.05, 3.63) is 41.6 Å². The molecule has 0 bridgehead atoms.